The van der Waals surface area contributed by atoms with Crippen LogP contribution in [0.3, 0.4) is 0 Å². The largest absolute Gasteiger partial charge is 0.308 e. The second-order valence-corrected chi connectivity index (χ2v) is 5.84. The SMILES string of the molecule is Cc1cnn(-c2ccc(F)cc2CNC(C)(C)C)c1. The molecule has 3 nitrogen and oxygen atoms in total. The Labute approximate surface area is 113 Å². The van der Waals surface area contributed by atoms with Crippen molar-refractivity contribution in [1.82, 2.24) is 15.1 Å². The van der Waals surface area contributed by atoms with Crippen molar-refractivity contribution in [2.45, 2.75) is 39.8 Å². The molecule has 4 heteroatoms. The number of aryl methyl sites for hydroxylation is 1. The van der Waals surface area contributed by atoms with Crippen molar-refractivity contribution in [3.63, 3.8) is 0 Å². The molecule has 1 aromatic heterocycles. The summed E-state index contributed by atoms with van der Waals surface area (Å²) in [6.07, 6.45) is 3.73. The maximum Gasteiger partial charge on any atom is 0.123 e. The molecule has 1 N–H and O–H groups in total. The average Bonchev–Trinajstić information content (AvgIpc) is 2.72. The Morgan fingerprint density at radius 3 is 2.63 bits per heavy atom. The van der Waals surface area contributed by atoms with Crippen molar-refractivity contribution in [3.05, 3.63) is 47.5 Å². The molecule has 0 aliphatic carbocycles. The van der Waals surface area contributed by atoms with Gasteiger partial charge in [-0.1, -0.05) is 0 Å². The summed E-state index contributed by atoms with van der Waals surface area (Å²) in [5, 5.41) is 7.66. The molecule has 0 fully saturated rings. The third-order valence-corrected chi connectivity index (χ3v) is 2.81. The molecule has 2 aromatic rings. The van der Waals surface area contributed by atoms with Crippen LogP contribution in [0.15, 0.2) is 30.6 Å². The summed E-state index contributed by atoms with van der Waals surface area (Å²) in [6.45, 7) is 8.85. The molecule has 1 aromatic carbocycles. The molecular weight excluding hydrogens is 241 g/mol. The number of nitrogens with zero attached hydrogens (tertiary/aromatic N) is 2. The second-order valence-electron chi connectivity index (χ2n) is 5.84. The molecule has 0 saturated heterocycles. The van der Waals surface area contributed by atoms with E-state index in [4.69, 9.17) is 0 Å². The van der Waals surface area contributed by atoms with Gasteiger partial charge in [-0.15, -0.1) is 0 Å². The van der Waals surface area contributed by atoms with E-state index in [-0.39, 0.29) is 11.4 Å². The smallest absolute Gasteiger partial charge is 0.123 e. The fourth-order valence-corrected chi connectivity index (χ4v) is 1.82. The first-order valence-corrected chi connectivity index (χ1v) is 6.40. The number of rotatable bonds is 3. The Hall–Kier alpha value is -1.68. The van der Waals surface area contributed by atoms with Gasteiger partial charge in [0.1, 0.15) is 5.82 Å². The highest BCUT2D eigenvalue weighted by atomic mass is 19.1. The van der Waals surface area contributed by atoms with E-state index in [2.05, 4.69) is 31.2 Å². The Morgan fingerprint density at radius 1 is 1.32 bits per heavy atom. The van der Waals surface area contributed by atoms with Crippen LogP contribution in [0.5, 0.6) is 0 Å². The molecule has 102 valence electrons. The van der Waals surface area contributed by atoms with Crippen LogP contribution in [0.25, 0.3) is 5.69 Å². The molecule has 0 spiro atoms. The molecule has 1 heterocycles. The standard InChI is InChI=1S/C15H20FN3/c1-11-8-18-19(10-11)14-6-5-13(16)7-12(14)9-17-15(2,3)4/h5-8,10,17H,9H2,1-4H3. The average molecular weight is 261 g/mol. The summed E-state index contributed by atoms with van der Waals surface area (Å²) < 4.78 is 15.2. The van der Waals surface area contributed by atoms with Gasteiger partial charge in [0.25, 0.3) is 0 Å². The fraction of sp³-hybridized carbons (Fsp3) is 0.400. The summed E-state index contributed by atoms with van der Waals surface area (Å²) >= 11 is 0. The molecule has 0 aliphatic heterocycles. The Bertz CT molecular complexity index is 567. The number of hydrogen-bond acceptors (Lipinski definition) is 2. The topological polar surface area (TPSA) is 29.9 Å². The Kier molecular flexibility index (Phi) is 3.71. The van der Waals surface area contributed by atoms with Crippen LogP contribution in [0.1, 0.15) is 31.9 Å². The van der Waals surface area contributed by atoms with Gasteiger partial charge >= 0.3 is 0 Å². The molecule has 0 saturated carbocycles. The van der Waals surface area contributed by atoms with Gasteiger partial charge in [0.05, 0.1) is 11.9 Å². The first kappa shape index (κ1) is 13.7. The zero-order valence-electron chi connectivity index (χ0n) is 11.9. The maximum absolute atomic E-state index is 13.4. The zero-order valence-corrected chi connectivity index (χ0v) is 11.9. The lowest BCUT2D eigenvalue weighted by atomic mass is 10.1. The van der Waals surface area contributed by atoms with Crippen LogP contribution in [0.2, 0.25) is 0 Å². The summed E-state index contributed by atoms with van der Waals surface area (Å²) in [5.41, 5.74) is 2.88. The molecule has 0 amide bonds. The van der Waals surface area contributed by atoms with Gasteiger partial charge in [-0.2, -0.15) is 5.10 Å². The lowest BCUT2D eigenvalue weighted by Crippen LogP contribution is -2.35. The van der Waals surface area contributed by atoms with Crippen LogP contribution in [0, 0.1) is 12.7 Å². The van der Waals surface area contributed by atoms with E-state index in [9.17, 15) is 4.39 Å². The molecule has 0 bridgehead atoms. The lowest BCUT2D eigenvalue weighted by Gasteiger charge is -2.21. The molecule has 2 rings (SSSR count). The van der Waals surface area contributed by atoms with E-state index in [0.29, 0.717) is 6.54 Å². The highest BCUT2D eigenvalue weighted by Gasteiger charge is 2.12. The van der Waals surface area contributed by atoms with Crippen LogP contribution in [-0.2, 0) is 6.54 Å². The zero-order chi connectivity index (χ0) is 14.0. The first-order valence-electron chi connectivity index (χ1n) is 6.40. The third kappa shape index (κ3) is 3.64. The summed E-state index contributed by atoms with van der Waals surface area (Å²) in [4.78, 5) is 0. The minimum atomic E-state index is -0.224. The van der Waals surface area contributed by atoms with E-state index in [0.717, 1.165) is 16.8 Å². The minimum absolute atomic E-state index is 0.0103. The molecular formula is C15H20FN3. The Morgan fingerprint density at radius 2 is 2.05 bits per heavy atom. The first-order chi connectivity index (χ1) is 8.85. The monoisotopic (exact) mass is 261 g/mol. The molecule has 0 unspecified atom stereocenters. The molecule has 19 heavy (non-hydrogen) atoms. The highest BCUT2D eigenvalue weighted by molar-refractivity contribution is 5.41. The van der Waals surface area contributed by atoms with Crippen molar-refractivity contribution in [3.8, 4) is 5.69 Å². The van der Waals surface area contributed by atoms with Crippen molar-refractivity contribution < 1.29 is 4.39 Å². The lowest BCUT2D eigenvalue weighted by molar-refractivity contribution is 0.423. The van der Waals surface area contributed by atoms with Gasteiger partial charge in [0.15, 0.2) is 0 Å². The van der Waals surface area contributed by atoms with Crippen molar-refractivity contribution in [2.75, 3.05) is 0 Å². The summed E-state index contributed by atoms with van der Waals surface area (Å²) in [6, 6.07) is 4.79. The second kappa shape index (κ2) is 5.13. The van der Waals surface area contributed by atoms with Crippen LogP contribution in [0.4, 0.5) is 4.39 Å². The van der Waals surface area contributed by atoms with E-state index in [1.54, 1.807) is 23.0 Å². The number of halogens is 1. The van der Waals surface area contributed by atoms with E-state index in [1.807, 2.05) is 13.1 Å². The van der Waals surface area contributed by atoms with Crippen LogP contribution < -0.4 is 5.32 Å². The minimum Gasteiger partial charge on any atom is -0.308 e. The quantitative estimate of drug-likeness (QED) is 0.919. The van der Waals surface area contributed by atoms with Gasteiger partial charge in [-0.05, 0) is 57.0 Å². The molecule has 0 radical (unpaired) electrons. The van der Waals surface area contributed by atoms with Crippen LogP contribution >= 0.6 is 0 Å². The predicted octanol–water partition coefficient (Wildman–Crippen LogP) is 3.21. The van der Waals surface area contributed by atoms with E-state index < -0.39 is 0 Å². The van der Waals surface area contributed by atoms with Gasteiger partial charge in [0, 0.05) is 18.3 Å². The summed E-state index contributed by atoms with van der Waals surface area (Å²) in [5.74, 6) is -0.224. The van der Waals surface area contributed by atoms with Crippen LogP contribution in [-0.4, -0.2) is 15.3 Å². The molecule has 0 aliphatic rings. The number of benzene rings is 1. The van der Waals surface area contributed by atoms with E-state index in [1.165, 1.54) is 6.07 Å². The normalized spacial score (nSPS) is 11.8. The molecule has 0 atom stereocenters. The van der Waals surface area contributed by atoms with Gasteiger partial charge < -0.3 is 5.32 Å². The number of hydrogen-bond donors (Lipinski definition) is 1. The van der Waals surface area contributed by atoms with Gasteiger partial charge in [-0.3, -0.25) is 0 Å². The Balaban J connectivity index is 2.33. The van der Waals surface area contributed by atoms with E-state index >= 15 is 0 Å². The van der Waals surface area contributed by atoms with Crippen molar-refractivity contribution >= 4 is 0 Å². The number of aromatic nitrogens is 2. The maximum atomic E-state index is 13.4. The number of nitrogens with one attached hydrogen (secondary N) is 1. The predicted molar refractivity (Wildman–Crippen MR) is 74.9 cm³/mol. The fourth-order valence-electron chi connectivity index (χ4n) is 1.82. The van der Waals surface area contributed by atoms with Crippen molar-refractivity contribution in [1.29, 1.82) is 0 Å². The van der Waals surface area contributed by atoms with Gasteiger partial charge in [-0.25, -0.2) is 9.07 Å². The third-order valence-electron chi connectivity index (χ3n) is 2.81. The van der Waals surface area contributed by atoms with Gasteiger partial charge in [0.2, 0.25) is 0 Å². The van der Waals surface area contributed by atoms with Crippen molar-refractivity contribution in [2.24, 2.45) is 0 Å². The summed E-state index contributed by atoms with van der Waals surface area (Å²) in [7, 11) is 0. The highest BCUT2D eigenvalue weighted by Crippen LogP contribution is 2.17.